The average molecular weight is 412 g/mol. The molecule has 1 aromatic heterocycles. The summed E-state index contributed by atoms with van der Waals surface area (Å²) < 4.78 is 12.3. The van der Waals surface area contributed by atoms with Gasteiger partial charge in [0.2, 0.25) is 0 Å². The van der Waals surface area contributed by atoms with Crippen molar-refractivity contribution in [3.63, 3.8) is 0 Å². The summed E-state index contributed by atoms with van der Waals surface area (Å²) in [6.07, 6.45) is 0.816. The highest BCUT2D eigenvalue weighted by atomic mass is 16.5. The first-order valence-corrected chi connectivity index (χ1v) is 10.4. The van der Waals surface area contributed by atoms with E-state index in [1.165, 1.54) is 0 Å². The molecule has 0 saturated carbocycles. The molecule has 0 radical (unpaired) electrons. The summed E-state index contributed by atoms with van der Waals surface area (Å²) in [5.41, 5.74) is 2.61. The molecule has 1 aromatic carbocycles. The first-order chi connectivity index (χ1) is 14.5. The van der Waals surface area contributed by atoms with Crippen LogP contribution >= 0.6 is 0 Å². The summed E-state index contributed by atoms with van der Waals surface area (Å²) in [6.45, 7) is 5.28. The molecule has 1 N–H and O–H groups in total. The van der Waals surface area contributed by atoms with E-state index in [0.29, 0.717) is 30.1 Å². The fourth-order valence-electron chi connectivity index (χ4n) is 3.67. The summed E-state index contributed by atoms with van der Waals surface area (Å²) in [5.74, 6) is -0.809. The Morgan fingerprint density at radius 1 is 1.17 bits per heavy atom. The highest BCUT2D eigenvalue weighted by molar-refractivity contribution is 6.02. The van der Waals surface area contributed by atoms with Crippen LogP contribution in [0.15, 0.2) is 36.4 Å². The molecule has 0 spiro atoms. The van der Waals surface area contributed by atoms with Crippen molar-refractivity contribution < 1.29 is 23.9 Å². The van der Waals surface area contributed by atoms with Crippen molar-refractivity contribution in [2.24, 2.45) is 0 Å². The lowest BCUT2D eigenvalue weighted by Gasteiger charge is -2.20. The number of Topliss-reactive ketones (excluding diaryl/α,β-unsaturated/α-hetero) is 1. The van der Waals surface area contributed by atoms with Crippen LogP contribution in [-0.2, 0) is 27.4 Å². The lowest BCUT2D eigenvalue weighted by molar-refractivity contribution is -0.143. The molecule has 0 fully saturated rings. The van der Waals surface area contributed by atoms with Crippen LogP contribution in [-0.4, -0.2) is 35.4 Å². The zero-order valence-corrected chi connectivity index (χ0v) is 17.5. The number of carbonyl (C=O) groups is 3. The van der Waals surface area contributed by atoms with Gasteiger partial charge in [-0.15, -0.1) is 0 Å². The molecular weight excluding hydrogens is 384 g/mol. The third-order valence-corrected chi connectivity index (χ3v) is 5.21. The number of esters is 1. The van der Waals surface area contributed by atoms with Crippen LogP contribution in [0.3, 0.4) is 0 Å². The molecule has 2 aromatic rings. The zero-order valence-electron chi connectivity index (χ0n) is 17.5. The Labute approximate surface area is 176 Å². The Hall–Kier alpha value is -2.93. The SMILES string of the molecule is CCOC(=O)CCC(=O)c1cc(C(=O)N[C@H](CC)c2ccccc2)c2n1CCOC2. The number of nitrogens with one attached hydrogen (secondary N) is 1. The maximum atomic E-state index is 13.1. The van der Waals surface area contributed by atoms with E-state index in [1.54, 1.807) is 13.0 Å². The second kappa shape index (κ2) is 10.2. The molecule has 2 heterocycles. The second-order valence-electron chi connectivity index (χ2n) is 7.17. The van der Waals surface area contributed by atoms with Gasteiger partial charge in [-0.3, -0.25) is 14.4 Å². The molecule has 1 amide bonds. The Bertz CT molecular complexity index is 904. The number of fused-ring (bicyclic) bond motifs is 1. The predicted octanol–water partition coefficient (Wildman–Crippen LogP) is 3.43. The molecule has 1 atom stereocenters. The van der Waals surface area contributed by atoms with E-state index in [4.69, 9.17) is 9.47 Å². The third kappa shape index (κ3) is 4.97. The van der Waals surface area contributed by atoms with Crippen LogP contribution in [0, 0.1) is 0 Å². The number of rotatable bonds is 9. The Balaban J connectivity index is 1.80. The molecule has 1 aliphatic heterocycles. The van der Waals surface area contributed by atoms with Crippen molar-refractivity contribution in [3.05, 3.63) is 58.9 Å². The molecule has 3 rings (SSSR count). The van der Waals surface area contributed by atoms with Crippen molar-refractivity contribution in [1.29, 1.82) is 0 Å². The van der Waals surface area contributed by atoms with Crippen LogP contribution in [0.1, 0.15) is 71.3 Å². The minimum Gasteiger partial charge on any atom is -0.466 e. The lowest BCUT2D eigenvalue weighted by Crippen LogP contribution is -2.29. The van der Waals surface area contributed by atoms with Crippen molar-refractivity contribution in [2.45, 2.75) is 52.3 Å². The van der Waals surface area contributed by atoms with Gasteiger partial charge in [-0.2, -0.15) is 0 Å². The topological polar surface area (TPSA) is 86.6 Å². The van der Waals surface area contributed by atoms with Gasteiger partial charge in [0.15, 0.2) is 5.78 Å². The molecule has 7 heteroatoms. The van der Waals surface area contributed by atoms with Crippen LogP contribution in [0.25, 0.3) is 0 Å². The van der Waals surface area contributed by atoms with E-state index < -0.39 is 5.97 Å². The van der Waals surface area contributed by atoms with Crippen molar-refractivity contribution in [1.82, 2.24) is 9.88 Å². The maximum absolute atomic E-state index is 13.1. The zero-order chi connectivity index (χ0) is 21.5. The van der Waals surface area contributed by atoms with Gasteiger partial charge in [-0.1, -0.05) is 37.3 Å². The van der Waals surface area contributed by atoms with Crippen LogP contribution in [0.4, 0.5) is 0 Å². The van der Waals surface area contributed by atoms with Crippen molar-refractivity contribution in [3.8, 4) is 0 Å². The summed E-state index contributed by atoms with van der Waals surface area (Å²) in [7, 11) is 0. The number of ketones is 1. The lowest BCUT2D eigenvalue weighted by atomic mass is 10.0. The van der Waals surface area contributed by atoms with E-state index in [1.807, 2.05) is 41.8 Å². The van der Waals surface area contributed by atoms with Gasteiger partial charge >= 0.3 is 5.97 Å². The van der Waals surface area contributed by atoms with Gasteiger partial charge < -0.3 is 19.4 Å². The quantitative estimate of drug-likeness (QED) is 0.504. The number of aromatic nitrogens is 1. The van der Waals surface area contributed by atoms with Crippen molar-refractivity contribution in [2.75, 3.05) is 13.2 Å². The normalized spacial score (nSPS) is 13.9. The summed E-state index contributed by atoms with van der Waals surface area (Å²) >= 11 is 0. The Morgan fingerprint density at radius 2 is 1.93 bits per heavy atom. The number of amides is 1. The molecule has 0 unspecified atom stereocenters. The van der Waals surface area contributed by atoms with Crippen molar-refractivity contribution >= 4 is 17.7 Å². The fraction of sp³-hybridized carbons (Fsp3) is 0.435. The van der Waals surface area contributed by atoms with Gasteiger partial charge in [0.25, 0.3) is 5.91 Å². The monoisotopic (exact) mass is 412 g/mol. The number of benzene rings is 1. The average Bonchev–Trinajstić information content (AvgIpc) is 3.16. The highest BCUT2D eigenvalue weighted by Gasteiger charge is 2.27. The maximum Gasteiger partial charge on any atom is 0.306 e. The van der Waals surface area contributed by atoms with Gasteiger partial charge in [0, 0.05) is 13.0 Å². The molecule has 160 valence electrons. The number of hydrogen-bond acceptors (Lipinski definition) is 5. The third-order valence-electron chi connectivity index (χ3n) is 5.21. The minimum absolute atomic E-state index is 0.0249. The number of hydrogen-bond donors (Lipinski definition) is 1. The van der Waals surface area contributed by atoms with Crippen LogP contribution in [0.2, 0.25) is 0 Å². The molecule has 30 heavy (non-hydrogen) atoms. The molecule has 0 aliphatic carbocycles. The first kappa shape index (κ1) is 21.8. The fourth-order valence-corrected chi connectivity index (χ4v) is 3.67. The second-order valence-corrected chi connectivity index (χ2v) is 7.17. The standard InChI is InChI=1S/C23H28N2O5/c1-3-18(16-8-6-5-7-9-16)24-23(28)17-14-19(25-12-13-29-15-20(17)25)21(26)10-11-22(27)30-4-2/h5-9,14,18H,3-4,10-13,15H2,1-2H3,(H,24,28)/t18-/m1/s1. The smallest absolute Gasteiger partial charge is 0.306 e. The van der Waals surface area contributed by atoms with E-state index in [9.17, 15) is 14.4 Å². The highest BCUT2D eigenvalue weighted by Crippen LogP contribution is 2.24. The summed E-state index contributed by atoms with van der Waals surface area (Å²) in [5, 5.41) is 3.08. The molecular formula is C23H28N2O5. The van der Waals surface area contributed by atoms with E-state index >= 15 is 0 Å². The van der Waals surface area contributed by atoms with Gasteiger partial charge in [0.1, 0.15) is 0 Å². The number of ether oxygens (including phenoxy) is 2. The van der Waals surface area contributed by atoms with Gasteiger partial charge in [-0.25, -0.2) is 0 Å². The summed E-state index contributed by atoms with van der Waals surface area (Å²) in [4.78, 5) is 37.4. The summed E-state index contributed by atoms with van der Waals surface area (Å²) in [6, 6.07) is 11.3. The molecule has 1 aliphatic rings. The number of carbonyl (C=O) groups excluding carboxylic acids is 3. The number of nitrogens with zero attached hydrogens (tertiary/aromatic N) is 1. The van der Waals surface area contributed by atoms with E-state index in [0.717, 1.165) is 12.0 Å². The Kier molecular flexibility index (Phi) is 7.41. The molecule has 0 saturated heterocycles. The van der Waals surface area contributed by atoms with Crippen LogP contribution in [0.5, 0.6) is 0 Å². The largest absolute Gasteiger partial charge is 0.466 e. The van der Waals surface area contributed by atoms with Crippen LogP contribution < -0.4 is 5.32 Å². The predicted molar refractivity (Wildman–Crippen MR) is 111 cm³/mol. The molecule has 0 bridgehead atoms. The van der Waals surface area contributed by atoms with Gasteiger partial charge in [-0.05, 0) is 25.0 Å². The van der Waals surface area contributed by atoms with Gasteiger partial charge in [0.05, 0.1) is 49.2 Å². The van der Waals surface area contributed by atoms with E-state index in [-0.39, 0.29) is 43.8 Å². The minimum atomic E-state index is -0.397. The molecule has 7 nitrogen and oxygen atoms in total. The Morgan fingerprint density at radius 3 is 2.63 bits per heavy atom. The first-order valence-electron chi connectivity index (χ1n) is 10.4. The van der Waals surface area contributed by atoms with E-state index in [2.05, 4.69) is 5.32 Å².